The molecular formula is C12H17BrN2. The smallest absolute Gasteiger partial charge is 0.0497 e. The summed E-state index contributed by atoms with van der Waals surface area (Å²) in [5, 5.41) is 0. The number of nitrogens with two attached hydrogens (primary N) is 1. The molecule has 1 aromatic rings. The zero-order chi connectivity index (χ0) is 11.3. The summed E-state index contributed by atoms with van der Waals surface area (Å²) in [5.74, 6) is 5.55. The topological polar surface area (TPSA) is 38.0 Å². The van der Waals surface area contributed by atoms with E-state index in [-0.39, 0.29) is 6.04 Å². The molecule has 2 nitrogen and oxygen atoms in total. The van der Waals surface area contributed by atoms with E-state index < -0.39 is 0 Å². The molecule has 0 saturated heterocycles. The van der Waals surface area contributed by atoms with Crippen molar-refractivity contribution < 1.29 is 0 Å². The monoisotopic (exact) mass is 268 g/mol. The van der Waals surface area contributed by atoms with E-state index in [2.05, 4.69) is 47.0 Å². The molecule has 82 valence electrons. The predicted molar refractivity (Wildman–Crippen MR) is 68.3 cm³/mol. The van der Waals surface area contributed by atoms with Gasteiger partial charge in [-0.25, -0.2) is 0 Å². The highest BCUT2D eigenvalue weighted by atomic mass is 79.9. The van der Waals surface area contributed by atoms with Crippen LogP contribution in [0.2, 0.25) is 0 Å². The molecule has 3 N–H and O–H groups in total. The summed E-state index contributed by atoms with van der Waals surface area (Å²) in [5.41, 5.74) is 5.22. The Morgan fingerprint density at radius 2 is 2.33 bits per heavy atom. The summed E-state index contributed by atoms with van der Waals surface area (Å²) < 4.78 is 1.07. The fourth-order valence-electron chi connectivity index (χ4n) is 1.43. The molecule has 0 bridgehead atoms. The van der Waals surface area contributed by atoms with Crippen LogP contribution in [0.4, 0.5) is 0 Å². The summed E-state index contributed by atoms with van der Waals surface area (Å²) in [6.45, 7) is 6.11. The molecule has 3 heteroatoms. The van der Waals surface area contributed by atoms with Crippen LogP contribution in [-0.4, -0.2) is 0 Å². The highest BCUT2D eigenvalue weighted by molar-refractivity contribution is 9.10. The Balaban J connectivity index is 2.78. The maximum Gasteiger partial charge on any atom is 0.0497 e. The zero-order valence-corrected chi connectivity index (χ0v) is 10.5. The Morgan fingerprint density at radius 3 is 2.87 bits per heavy atom. The van der Waals surface area contributed by atoms with Crippen LogP contribution < -0.4 is 11.3 Å². The van der Waals surface area contributed by atoms with Crippen molar-refractivity contribution in [3.63, 3.8) is 0 Å². The van der Waals surface area contributed by atoms with Crippen molar-refractivity contribution in [2.75, 3.05) is 0 Å². The van der Waals surface area contributed by atoms with E-state index in [1.807, 2.05) is 12.1 Å². The molecule has 0 heterocycles. The minimum Gasteiger partial charge on any atom is -0.271 e. The number of rotatable bonds is 5. The van der Waals surface area contributed by atoms with E-state index in [1.54, 1.807) is 0 Å². The standard InChI is InChI=1S/C12H17BrN2/c1-3-9(2)7-12(15-14)10-5-4-6-11(13)8-10/h4-6,8,12,15H,2-3,7,14H2,1H3. The third-order valence-electron chi connectivity index (χ3n) is 2.45. The highest BCUT2D eigenvalue weighted by Gasteiger charge is 2.10. The van der Waals surface area contributed by atoms with Crippen LogP contribution in [0.25, 0.3) is 0 Å². The van der Waals surface area contributed by atoms with Crippen LogP contribution >= 0.6 is 15.9 Å². The largest absolute Gasteiger partial charge is 0.271 e. The molecule has 1 atom stereocenters. The van der Waals surface area contributed by atoms with Gasteiger partial charge >= 0.3 is 0 Å². The number of hydrogen-bond donors (Lipinski definition) is 2. The van der Waals surface area contributed by atoms with Gasteiger partial charge in [0.2, 0.25) is 0 Å². The fraction of sp³-hybridized carbons (Fsp3) is 0.333. The molecular weight excluding hydrogens is 252 g/mol. The first-order chi connectivity index (χ1) is 7.17. The van der Waals surface area contributed by atoms with Crippen LogP contribution in [0.15, 0.2) is 40.9 Å². The number of hydrazine groups is 1. The maximum atomic E-state index is 5.55. The first kappa shape index (κ1) is 12.4. The Labute approximate surface area is 99.7 Å². The maximum absolute atomic E-state index is 5.55. The Hall–Kier alpha value is -0.640. The molecule has 1 aromatic carbocycles. The third kappa shape index (κ3) is 3.78. The number of halogens is 1. The van der Waals surface area contributed by atoms with Gasteiger partial charge in [-0.15, -0.1) is 0 Å². The molecule has 0 fully saturated rings. The minimum atomic E-state index is 0.148. The van der Waals surface area contributed by atoms with Crippen LogP contribution in [-0.2, 0) is 0 Å². The van der Waals surface area contributed by atoms with Gasteiger partial charge in [-0.3, -0.25) is 11.3 Å². The summed E-state index contributed by atoms with van der Waals surface area (Å²) in [7, 11) is 0. The van der Waals surface area contributed by atoms with Gasteiger partial charge in [-0.2, -0.15) is 0 Å². The van der Waals surface area contributed by atoms with Gasteiger partial charge < -0.3 is 0 Å². The van der Waals surface area contributed by atoms with Crippen molar-refractivity contribution in [1.29, 1.82) is 0 Å². The van der Waals surface area contributed by atoms with Crippen molar-refractivity contribution in [2.24, 2.45) is 5.84 Å². The van der Waals surface area contributed by atoms with Crippen molar-refractivity contribution in [3.05, 3.63) is 46.5 Å². The van der Waals surface area contributed by atoms with Crippen LogP contribution in [0, 0.1) is 0 Å². The second-order valence-electron chi connectivity index (χ2n) is 3.58. The molecule has 15 heavy (non-hydrogen) atoms. The molecule has 0 aliphatic carbocycles. The molecule has 0 radical (unpaired) electrons. The average Bonchev–Trinajstić information content (AvgIpc) is 2.25. The lowest BCUT2D eigenvalue weighted by molar-refractivity contribution is 0.544. The average molecular weight is 269 g/mol. The molecule has 0 spiro atoms. The van der Waals surface area contributed by atoms with E-state index >= 15 is 0 Å². The third-order valence-corrected chi connectivity index (χ3v) is 2.94. The van der Waals surface area contributed by atoms with Gasteiger partial charge in [0.1, 0.15) is 0 Å². The molecule has 0 aliphatic heterocycles. The molecule has 1 unspecified atom stereocenters. The first-order valence-electron chi connectivity index (χ1n) is 5.05. The Morgan fingerprint density at radius 1 is 1.60 bits per heavy atom. The Bertz CT molecular complexity index is 336. The van der Waals surface area contributed by atoms with Crippen molar-refractivity contribution >= 4 is 15.9 Å². The summed E-state index contributed by atoms with van der Waals surface area (Å²) >= 11 is 3.45. The van der Waals surface area contributed by atoms with Gasteiger partial charge in [0, 0.05) is 10.5 Å². The second-order valence-corrected chi connectivity index (χ2v) is 4.50. The van der Waals surface area contributed by atoms with E-state index in [1.165, 1.54) is 11.1 Å². The lowest BCUT2D eigenvalue weighted by Crippen LogP contribution is -2.28. The summed E-state index contributed by atoms with van der Waals surface area (Å²) in [6.07, 6.45) is 1.87. The molecule has 0 aliphatic rings. The lowest BCUT2D eigenvalue weighted by atomic mass is 9.99. The summed E-state index contributed by atoms with van der Waals surface area (Å²) in [6, 6.07) is 8.31. The number of hydrogen-bond acceptors (Lipinski definition) is 2. The van der Waals surface area contributed by atoms with Crippen molar-refractivity contribution in [2.45, 2.75) is 25.8 Å². The van der Waals surface area contributed by atoms with Crippen molar-refractivity contribution in [3.8, 4) is 0 Å². The van der Waals surface area contributed by atoms with Crippen LogP contribution in [0.3, 0.4) is 0 Å². The van der Waals surface area contributed by atoms with E-state index in [9.17, 15) is 0 Å². The fourth-order valence-corrected chi connectivity index (χ4v) is 1.85. The zero-order valence-electron chi connectivity index (χ0n) is 8.96. The molecule has 1 rings (SSSR count). The SMILES string of the molecule is C=C(CC)CC(NN)c1cccc(Br)c1. The Kier molecular flexibility index (Phi) is 5.02. The summed E-state index contributed by atoms with van der Waals surface area (Å²) in [4.78, 5) is 0. The van der Waals surface area contributed by atoms with Gasteiger partial charge in [-0.05, 0) is 30.5 Å². The molecule has 0 aromatic heterocycles. The molecule has 0 amide bonds. The van der Waals surface area contributed by atoms with E-state index in [4.69, 9.17) is 5.84 Å². The van der Waals surface area contributed by atoms with Gasteiger partial charge in [0.05, 0.1) is 0 Å². The van der Waals surface area contributed by atoms with Crippen LogP contribution in [0.5, 0.6) is 0 Å². The van der Waals surface area contributed by atoms with Gasteiger partial charge in [-0.1, -0.05) is 47.1 Å². The lowest BCUT2D eigenvalue weighted by Gasteiger charge is -2.17. The van der Waals surface area contributed by atoms with E-state index in [0.29, 0.717) is 0 Å². The van der Waals surface area contributed by atoms with E-state index in [0.717, 1.165) is 17.3 Å². The minimum absolute atomic E-state index is 0.148. The number of benzene rings is 1. The quantitative estimate of drug-likeness (QED) is 0.489. The normalized spacial score (nSPS) is 12.5. The first-order valence-corrected chi connectivity index (χ1v) is 5.85. The molecule has 0 saturated carbocycles. The van der Waals surface area contributed by atoms with Crippen LogP contribution in [0.1, 0.15) is 31.4 Å². The predicted octanol–water partition coefficient (Wildman–Crippen LogP) is 3.31. The number of nitrogens with one attached hydrogen (secondary N) is 1. The van der Waals surface area contributed by atoms with Crippen molar-refractivity contribution in [1.82, 2.24) is 5.43 Å². The van der Waals surface area contributed by atoms with Gasteiger partial charge in [0.15, 0.2) is 0 Å². The highest BCUT2D eigenvalue weighted by Crippen LogP contribution is 2.23. The second kappa shape index (κ2) is 6.05. The van der Waals surface area contributed by atoms with Gasteiger partial charge in [0.25, 0.3) is 0 Å².